The Balaban J connectivity index is 1.44. The van der Waals surface area contributed by atoms with Crippen LogP contribution in [-0.4, -0.2) is 23.0 Å². The average molecular weight is 359 g/mol. The zero-order valence-corrected chi connectivity index (χ0v) is 13.5. The van der Waals surface area contributed by atoms with Gasteiger partial charge in [0.15, 0.2) is 18.1 Å². The molecule has 2 aromatic carbocycles. The van der Waals surface area contributed by atoms with Crippen LogP contribution in [0, 0.1) is 0 Å². The van der Waals surface area contributed by atoms with Gasteiger partial charge in [0.25, 0.3) is 5.89 Å². The smallest absolute Gasteiger partial charge is 0.338 e. The fourth-order valence-electron chi connectivity index (χ4n) is 2.31. The Labute approximate surface area is 147 Å². The number of nitrogens with zero attached hydrogens (tertiary/aromatic N) is 2. The van der Waals surface area contributed by atoms with Crippen LogP contribution in [0.2, 0.25) is 5.02 Å². The van der Waals surface area contributed by atoms with Crippen LogP contribution in [0.5, 0.6) is 11.5 Å². The van der Waals surface area contributed by atoms with Crippen LogP contribution in [0.4, 0.5) is 0 Å². The van der Waals surface area contributed by atoms with Crippen LogP contribution in [-0.2, 0) is 11.3 Å². The van der Waals surface area contributed by atoms with Gasteiger partial charge in [-0.2, -0.15) is 0 Å². The molecule has 126 valence electrons. The Morgan fingerprint density at radius 1 is 1.16 bits per heavy atom. The van der Waals surface area contributed by atoms with Crippen LogP contribution >= 0.6 is 11.6 Å². The van der Waals surface area contributed by atoms with E-state index < -0.39 is 5.97 Å². The summed E-state index contributed by atoms with van der Waals surface area (Å²) in [4.78, 5) is 12.2. The van der Waals surface area contributed by atoms with Crippen molar-refractivity contribution in [2.75, 3.05) is 6.79 Å². The first-order valence-electron chi connectivity index (χ1n) is 7.35. The number of carbonyl (C=O) groups is 1. The zero-order chi connectivity index (χ0) is 17.2. The summed E-state index contributed by atoms with van der Waals surface area (Å²) >= 11 is 6.05. The number of ether oxygens (including phenoxy) is 3. The fraction of sp³-hybridized carbons (Fsp3) is 0.118. The number of hydrogen-bond donors (Lipinski definition) is 0. The summed E-state index contributed by atoms with van der Waals surface area (Å²) in [7, 11) is 0. The number of hydrogen-bond acceptors (Lipinski definition) is 7. The summed E-state index contributed by atoms with van der Waals surface area (Å²) < 4.78 is 21.1. The lowest BCUT2D eigenvalue weighted by Gasteiger charge is -2.05. The number of fused-ring (bicyclic) bond motifs is 1. The molecule has 0 atom stereocenters. The van der Waals surface area contributed by atoms with Gasteiger partial charge in [-0.25, -0.2) is 4.79 Å². The molecule has 1 aliphatic rings. The number of halogens is 1. The monoisotopic (exact) mass is 358 g/mol. The summed E-state index contributed by atoms with van der Waals surface area (Å²) in [6, 6.07) is 12.3. The van der Waals surface area contributed by atoms with Gasteiger partial charge in [0.05, 0.1) is 10.6 Å². The molecule has 3 aromatic rings. The van der Waals surface area contributed by atoms with Gasteiger partial charge in [-0.05, 0) is 24.3 Å². The minimum Gasteiger partial charge on any atom is -0.454 e. The van der Waals surface area contributed by atoms with Gasteiger partial charge < -0.3 is 18.6 Å². The van der Waals surface area contributed by atoms with E-state index in [1.54, 1.807) is 0 Å². The molecule has 0 spiro atoms. The zero-order valence-electron chi connectivity index (χ0n) is 12.8. The summed E-state index contributed by atoms with van der Waals surface area (Å²) in [5.74, 6) is 0.794. The Bertz CT molecular complexity index is 926. The highest BCUT2D eigenvalue weighted by Gasteiger charge is 2.21. The van der Waals surface area contributed by atoms with Crippen LogP contribution in [0.15, 0.2) is 46.9 Å². The Morgan fingerprint density at radius 2 is 2.00 bits per heavy atom. The summed E-state index contributed by atoms with van der Waals surface area (Å²) in [5, 5.41) is 8.09. The second kappa shape index (κ2) is 6.45. The van der Waals surface area contributed by atoms with Crippen molar-refractivity contribution in [1.82, 2.24) is 10.2 Å². The molecule has 0 unspecified atom stereocenters. The van der Waals surface area contributed by atoms with E-state index in [2.05, 4.69) is 10.2 Å². The van der Waals surface area contributed by atoms with Crippen molar-refractivity contribution in [1.29, 1.82) is 0 Å². The van der Waals surface area contributed by atoms with E-state index in [-0.39, 0.29) is 29.9 Å². The van der Waals surface area contributed by atoms with E-state index in [0.717, 1.165) is 5.56 Å². The molecule has 1 aromatic heterocycles. The predicted molar refractivity (Wildman–Crippen MR) is 86.4 cm³/mol. The topological polar surface area (TPSA) is 83.7 Å². The highest BCUT2D eigenvalue weighted by atomic mass is 35.5. The van der Waals surface area contributed by atoms with Crippen LogP contribution in [0.25, 0.3) is 11.5 Å². The summed E-state index contributed by atoms with van der Waals surface area (Å²) in [6.45, 7) is -0.0808. The Hall–Kier alpha value is -3.06. The van der Waals surface area contributed by atoms with Gasteiger partial charge in [0.2, 0.25) is 12.7 Å². The maximum absolute atomic E-state index is 12.2. The first kappa shape index (κ1) is 15.5. The first-order valence-corrected chi connectivity index (χ1v) is 7.72. The number of rotatable bonds is 4. The lowest BCUT2D eigenvalue weighted by atomic mass is 10.2. The molecule has 7 nitrogen and oxygen atoms in total. The van der Waals surface area contributed by atoms with E-state index in [1.807, 2.05) is 30.3 Å². The summed E-state index contributed by atoms with van der Waals surface area (Å²) in [5.41, 5.74) is 1.03. The van der Waals surface area contributed by atoms with Gasteiger partial charge in [-0.15, -0.1) is 10.2 Å². The molecule has 2 heterocycles. The van der Waals surface area contributed by atoms with E-state index in [0.29, 0.717) is 17.4 Å². The quantitative estimate of drug-likeness (QED) is 0.660. The highest BCUT2D eigenvalue weighted by Crippen LogP contribution is 2.39. The van der Waals surface area contributed by atoms with Crippen molar-refractivity contribution in [3.05, 3.63) is 58.9 Å². The van der Waals surface area contributed by atoms with Gasteiger partial charge in [0.1, 0.15) is 0 Å². The van der Waals surface area contributed by atoms with Gasteiger partial charge in [0, 0.05) is 5.56 Å². The molecule has 0 saturated heterocycles. The minimum atomic E-state index is -0.584. The van der Waals surface area contributed by atoms with Gasteiger partial charge >= 0.3 is 5.97 Å². The molecule has 0 radical (unpaired) electrons. The van der Waals surface area contributed by atoms with Crippen molar-refractivity contribution in [3.63, 3.8) is 0 Å². The van der Waals surface area contributed by atoms with Crippen LogP contribution < -0.4 is 9.47 Å². The molecule has 25 heavy (non-hydrogen) atoms. The third-order valence-electron chi connectivity index (χ3n) is 3.48. The largest absolute Gasteiger partial charge is 0.454 e. The molecular formula is C17H11ClN2O5. The maximum Gasteiger partial charge on any atom is 0.338 e. The van der Waals surface area contributed by atoms with E-state index in [1.165, 1.54) is 12.1 Å². The average Bonchev–Trinajstić information content (AvgIpc) is 3.30. The lowest BCUT2D eigenvalue weighted by molar-refractivity contribution is 0.0438. The van der Waals surface area contributed by atoms with E-state index >= 15 is 0 Å². The molecule has 0 fully saturated rings. The third-order valence-corrected chi connectivity index (χ3v) is 3.76. The minimum absolute atomic E-state index is 0.0673. The van der Waals surface area contributed by atoms with Crippen molar-refractivity contribution < 1.29 is 23.4 Å². The molecule has 0 aliphatic carbocycles. The molecule has 0 bridgehead atoms. The predicted octanol–water partition coefficient (Wildman–Crippen LogP) is 3.48. The van der Waals surface area contributed by atoms with Crippen molar-refractivity contribution in [2.24, 2.45) is 0 Å². The number of aromatic nitrogens is 2. The molecule has 0 saturated carbocycles. The molecule has 4 rings (SSSR count). The number of benzene rings is 2. The number of esters is 1. The second-order valence-electron chi connectivity index (χ2n) is 5.13. The maximum atomic E-state index is 12.2. The van der Waals surface area contributed by atoms with E-state index in [9.17, 15) is 4.79 Å². The van der Waals surface area contributed by atoms with Crippen molar-refractivity contribution >= 4 is 17.6 Å². The van der Waals surface area contributed by atoms with Gasteiger partial charge in [-0.3, -0.25) is 0 Å². The fourth-order valence-corrected chi connectivity index (χ4v) is 2.57. The molecule has 1 aliphatic heterocycles. The van der Waals surface area contributed by atoms with Crippen LogP contribution in [0.1, 0.15) is 16.2 Å². The standard InChI is InChI=1S/C17H11ClN2O5/c18-12-6-11(7-13-15(12)24-9-23-13)17(21)22-8-14-19-20-16(25-14)10-4-2-1-3-5-10/h1-7H,8-9H2. The molecule has 0 N–H and O–H groups in total. The van der Waals surface area contributed by atoms with Crippen molar-refractivity contribution in [2.45, 2.75) is 6.61 Å². The molecular weight excluding hydrogens is 348 g/mol. The Kier molecular flexibility index (Phi) is 3.99. The van der Waals surface area contributed by atoms with Gasteiger partial charge in [-0.1, -0.05) is 29.8 Å². The third kappa shape index (κ3) is 3.14. The van der Waals surface area contributed by atoms with Crippen LogP contribution in [0.3, 0.4) is 0 Å². The lowest BCUT2D eigenvalue weighted by Crippen LogP contribution is -2.05. The normalized spacial score (nSPS) is 12.2. The van der Waals surface area contributed by atoms with Crippen molar-refractivity contribution in [3.8, 4) is 23.0 Å². The SMILES string of the molecule is O=C(OCc1nnc(-c2ccccc2)o1)c1cc(Cl)c2c(c1)OCO2. The second-order valence-corrected chi connectivity index (χ2v) is 5.54. The Morgan fingerprint density at radius 3 is 2.84 bits per heavy atom. The van der Waals surface area contributed by atoms with E-state index in [4.69, 9.17) is 30.2 Å². The highest BCUT2D eigenvalue weighted by molar-refractivity contribution is 6.32. The number of carbonyl (C=O) groups excluding carboxylic acids is 1. The summed E-state index contributed by atoms with van der Waals surface area (Å²) in [6.07, 6.45) is 0. The molecule has 0 amide bonds. The molecule has 8 heteroatoms. The first-order chi connectivity index (χ1) is 12.2.